The lowest BCUT2D eigenvalue weighted by molar-refractivity contribution is 0.201. The maximum atomic E-state index is 6.53. The summed E-state index contributed by atoms with van der Waals surface area (Å²) in [6, 6.07) is 14.2. The van der Waals surface area contributed by atoms with Crippen molar-refractivity contribution >= 4 is 46.5 Å². The SMILES string of the molecule is CCOc1cc(OC2CCN(CC)C2)ccc1Nc1ncc(Cl)c(Nc2ccccc2SC2CCCCC2)n1. The van der Waals surface area contributed by atoms with E-state index in [0.29, 0.717) is 34.4 Å². The predicted molar refractivity (Wildman–Crippen MR) is 162 cm³/mol. The fourth-order valence-electron chi connectivity index (χ4n) is 5.13. The lowest BCUT2D eigenvalue weighted by Crippen LogP contribution is -2.24. The van der Waals surface area contributed by atoms with Gasteiger partial charge in [0.2, 0.25) is 5.95 Å². The molecule has 208 valence electrons. The number of para-hydroxylation sites is 1. The van der Waals surface area contributed by atoms with Crippen LogP contribution in [-0.2, 0) is 0 Å². The topological polar surface area (TPSA) is 71.5 Å². The molecule has 39 heavy (non-hydrogen) atoms. The minimum atomic E-state index is 0.200. The number of nitrogens with zero attached hydrogens (tertiary/aromatic N) is 3. The number of likely N-dealkylation sites (tertiary alicyclic amines) is 1. The molecule has 2 heterocycles. The molecular formula is C30H38ClN5O2S. The third-order valence-corrected chi connectivity index (χ3v) is 8.90. The van der Waals surface area contributed by atoms with Gasteiger partial charge in [0.15, 0.2) is 5.82 Å². The van der Waals surface area contributed by atoms with E-state index in [2.05, 4.69) is 45.6 Å². The van der Waals surface area contributed by atoms with Crippen molar-refractivity contribution in [3.05, 3.63) is 53.7 Å². The molecule has 0 spiro atoms. The standard InChI is InChI=1S/C30H38ClN5O2S/c1-3-36-17-16-22(20-36)38-21-14-15-25(27(18-21)37-4-2)34-30-32-19-24(31)29(35-30)33-26-12-8-9-13-28(26)39-23-10-6-5-7-11-23/h8-9,12-15,18-19,22-23H,3-7,10-11,16-17,20H2,1-2H3,(H2,32,33,34,35). The zero-order valence-corrected chi connectivity index (χ0v) is 24.4. The molecule has 0 radical (unpaired) electrons. The van der Waals surface area contributed by atoms with Crippen LogP contribution in [0.2, 0.25) is 5.02 Å². The third-order valence-electron chi connectivity index (χ3n) is 7.21. The summed E-state index contributed by atoms with van der Waals surface area (Å²) < 4.78 is 12.2. The van der Waals surface area contributed by atoms with Crippen LogP contribution in [0.1, 0.15) is 52.4 Å². The Morgan fingerprint density at radius 1 is 1.03 bits per heavy atom. The van der Waals surface area contributed by atoms with E-state index in [-0.39, 0.29) is 6.10 Å². The molecule has 1 atom stereocenters. The van der Waals surface area contributed by atoms with Crippen molar-refractivity contribution in [3.63, 3.8) is 0 Å². The van der Waals surface area contributed by atoms with Gasteiger partial charge in [-0.1, -0.05) is 49.9 Å². The summed E-state index contributed by atoms with van der Waals surface area (Å²) in [6.07, 6.45) is 9.37. The van der Waals surface area contributed by atoms with Crippen molar-refractivity contribution in [2.45, 2.75) is 68.6 Å². The van der Waals surface area contributed by atoms with Crippen LogP contribution in [0.5, 0.6) is 11.5 Å². The first-order valence-corrected chi connectivity index (χ1v) is 15.3. The van der Waals surface area contributed by atoms with Gasteiger partial charge in [-0.15, -0.1) is 11.8 Å². The van der Waals surface area contributed by atoms with Gasteiger partial charge in [0.05, 0.1) is 24.2 Å². The van der Waals surface area contributed by atoms with Crippen LogP contribution in [0, 0.1) is 0 Å². The van der Waals surface area contributed by atoms with Gasteiger partial charge in [-0.05, 0) is 57.0 Å². The number of nitrogens with one attached hydrogen (secondary N) is 2. The molecule has 2 fully saturated rings. The van der Waals surface area contributed by atoms with Crippen LogP contribution in [0.15, 0.2) is 53.6 Å². The Balaban J connectivity index is 1.30. The summed E-state index contributed by atoms with van der Waals surface area (Å²) in [7, 11) is 0. The number of likely N-dealkylation sites (N-methyl/N-ethyl adjacent to an activating group) is 1. The fourth-order valence-corrected chi connectivity index (χ4v) is 6.60. The van der Waals surface area contributed by atoms with E-state index in [1.165, 1.54) is 37.0 Å². The second-order valence-corrected chi connectivity index (χ2v) is 11.8. The van der Waals surface area contributed by atoms with E-state index >= 15 is 0 Å². The average Bonchev–Trinajstić information content (AvgIpc) is 3.41. The largest absolute Gasteiger partial charge is 0.492 e. The smallest absolute Gasteiger partial charge is 0.229 e. The van der Waals surface area contributed by atoms with Crippen molar-refractivity contribution in [2.24, 2.45) is 0 Å². The molecule has 3 aromatic rings. The van der Waals surface area contributed by atoms with Crippen molar-refractivity contribution in [1.29, 1.82) is 0 Å². The normalized spacial score (nSPS) is 18.2. The van der Waals surface area contributed by atoms with Gasteiger partial charge < -0.3 is 20.1 Å². The Bertz CT molecular complexity index is 1240. The predicted octanol–water partition coefficient (Wildman–Crippen LogP) is 7.91. The Hall–Kier alpha value is -2.68. The van der Waals surface area contributed by atoms with Crippen LogP contribution < -0.4 is 20.1 Å². The molecule has 7 nitrogen and oxygen atoms in total. The maximum absolute atomic E-state index is 6.53. The molecule has 1 saturated carbocycles. The molecule has 2 aromatic carbocycles. The highest BCUT2D eigenvalue weighted by Gasteiger charge is 2.23. The Morgan fingerprint density at radius 2 is 1.87 bits per heavy atom. The lowest BCUT2D eigenvalue weighted by atomic mass is 10.0. The Kier molecular flexibility index (Phi) is 9.71. The van der Waals surface area contributed by atoms with Crippen LogP contribution in [0.4, 0.5) is 23.1 Å². The van der Waals surface area contributed by atoms with E-state index in [4.69, 9.17) is 26.1 Å². The van der Waals surface area contributed by atoms with Gasteiger partial charge in [0.25, 0.3) is 0 Å². The van der Waals surface area contributed by atoms with Crippen LogP contribution in [0.25, 0.3) is 0 Å². The van der Waals surface area contributed by atoms with E-state index in [9.17, 15) is 0 Å². The Morgan fingerprint density at radius 3 is 2.67 bits per heavy atom. The molecule has 0 amide bonds. The van der Waals surface area contributed by atoms with Gasteiger partial charge in [-0.3, -0.25) is 4.90 Å². The summed E-state index contributed by atoms with van der Waals surface area (Å²) in [5, 5.41) is 7.89. The number of thioether (sulfide) groups is 1. The van der Waals surface area contributed by atoms with E-state index in [1.54, 1.807) is 6.20 Å². The molecular weight excluding hydrogens is 530 g/mol. The number of rotatable bonds is 11. The quantitative estimate of drug-likeness (QED) is 0.242. The molecule has 2 N–H and O–H groups in total. The molecule has 1 aliphatic carbocycles. The minimum absolute atomic E-state index is 0.200. The van der Waals surface area contributed by atoms with Gasteiger partial charge in [0.1, 0.15) is 22.6 Å². The van der Waals surface area contributed by atoms with Crippen LogP contribution in [-0.4, -0.2) is 52.5 Å². The molecule has 9 heteroatoms. The first-order valence-electron chi connectivity index (χ1n) is 14.1. The Labute approximate surface area is 241 Å². The van der Waals surface area contributed by atoms with Crippen LogP contribution >= 0.6 is 23.4 Å². The zero-order chi connectivity index (χ0) is 27.0. The number of hydrogen-bond donors (Lipinski definition) is 2. The molecule has 1 aromatic heterocycles. The van der Waals surface area contributed by atoms with Crippen molar-refractivity contribution in [3.8, 4) is 11.5 Å². The first-order chi connectivity index (χ1) is 19.1. The van der Waals surface area contributed by atoms with Gasteiger partial charge in [-0.25, -0.2) is 4.98 Å². The van der Waals surface area contributed by atoms with Gasteiger partial charge in [-0.2, -0.15) is 4.98 Å². The lowest BCUT2D eigenvalue weighted by Gasteiger charge is -2.22. The molecule has 1 aliphatic heterocycles. The number of anilines is 4. The monoisotopic (exact) mass is 567 g/mol. The maximum Gasteiger partial charge on any atom is 0.229 e. The van der Waals surface area contributed by atoms with Crippen LogP contribution in [0.3, 0.4) is 0 Å². The number of benzene rings is 2. The molecule has 1 unspecified atom stereocenters. The number of halogens is 1. The first kappa shape index (κ1) is 27.9. The highest BCUT2D eigenvalue weighted by molar-refractivity contribution is 8.00. The van der Waals surface area contributed by atoms with E-state index < -0.39 is 0 Å². The summed E-state index contributed by atoms with van der Waals surface area (Å²) in [6.45, 7) is 7.77. The van der Waals surface area contributed by atoms with Crippen molar-refractivity contribution < 1.29 is 9.47 Å². The zero-order valence-electron chi connectivity index (χ0n) is 22.8. The van der Waals surface area contributed by atoms with E-state index in [1.807, 2.05) is 43.0 Å². The second kappa shape index (κ2) is 13.6. The van der Waals surface area contributed by atoms with Crippen molar-refractivity contribution in [2.75, 3.05) is 36.9 Å². The number of ether oxygens (including phenoxy) is 2. The molecule has 1 saturated heterocycles. The second-order valence-electron chi connectivity index (χ2n) is 10.0. The summed E-state index contributed by atoms with van der Waals surface area (Å²) in [4.78, 5) is 12.8. The molecule has 5 rings (SSSR count). The van der Waals surface area contributed by atoms with Gasteiger partial charge in [0, 0.05) is 29.3 Å². The third kappa shape index (κ3) is 7.50. The summed E-state index contributed by atoms with van der Waals surface area (Å²) in [5.74, 6) is 2.50. The highest BCUT2D eigenvalue weighted by Crippen LogP contribution is 2.39. The molecule has 2 aliphatic rings. The number of aromatic nitrogens is 2. The average molecular weight is 568 g/mol. The summed E-state index contributed by atoms with van der Waals surface area (Å²) >= 11 is 8.48. The highest BCUT2D eigenvalue weighted by atomic mass is 35.5. The minimum Gasteiger partial charge on any atom is -0.492 e. The fraction of sp³-hybridized carbons (Fsp3) is 0.467. The molecule has 0 bridgehead atoms. The van der Waals surface area contributed by atoms with E-state index in [0.717, 1.165) is 43.2 Å². The van der Waals surface area contributed by atoms with Gasteiger partial charge >= 0.3 is 0 Å². The summed E-state index contributed by atoms with van der Waals surface area (Å²) in [5.41, 5.74) is 1.78. The number of hydrogen-bond acceptors (Lipinski definition) is 8. The van der Waals surface area contributed by atoms with Crippen molar-refractivity contribution in [1.82, 2.24) is 14.9 Å².